The van der Waals surface area contributed by atoms with Crippen LogP contribution in [0.15, 0.2) is 12.2 Å². The minimum atomic E-state index is 0.0331. The van der Waals surface area contributed by atoms with E-state index in [9.17, 15) is 4.79 Å². The lowest BCUT2D eigenvalue weighted by Crippen LogP contribution is -2.29. The first-order chi connectivity index (χ1) is 12.4. The van der Waals surface area contributed by atoms with Gasteiger partial charge in [-0.25, -0.2) is 0 Å². The van der Waals surface area contributed by atoms with Gasteiger partial charge in [0.05, 0.1) is 12.5 Å². The summed E-state index contributed by atoms with van der Waals surface area (Å²) in [7, 11) is 0. The summed E-state index contributed by atoms with van der Waals surface area (Å²) in [6, 6.07) is 0. The Kier molecular flexibility index (Phi) is 9.58. The van der Waals surface area contributed by atoms with Gasteiger partial charge in [0.1, 0.15) is 0 Å². The summed E-state index contributed by atoms with van der Waals surface area (Å²) in [5, 5.41) is 0. The molecule has 0 amide bonds. The van der Waals surface area contributed by atoms with Crippen molar-refractivity contribution in [3.63, 3.8) is 0 Å². The zero-order valence-corrected chi connectivity index (χ0v) is 19.4. The number of hydrogen-bond acceptors (Lipinski definition) is 2. The molecule has 2 heteroatoms. The van der Waals surface area contributed by atoms with Gasteiger partial charge in [-0.15, -0.1) is 0 Å². The monoisotopic (exact) mass is 378 g/mol. The van der Waals surface area contributed by atoms with Crippen LogP contribution < -0.4 is 0 Å². The number of hydrogen-bond donors (Lipinski definition) is 0. The molecule has 27 heavy (non-hydrogen) atoms. The van der Waals surface area contributed by atoms with Gasteiger partial charge in [0, 0.05) is 0 Å². The van der Waals surface area contributed by atoms with Crippen molar-refractivity contribution in [2.75, 3.05) is 6.61 Å². The maximum absolute atomic E-state index is 13.0. The maximum Gasteiger partial charge on any atom is 0.309 e. The fraction of sp³-hybridized carbons (Fsp3) is 0.880. The van der Waals surface area contributed by atoms with Gasteiger partial charge in [-0.1, -0.05) is 67.5 Å². The first-order valence-electron chi connectivity index (χ1n) is 11.2. The van der Waals surface area contributed by atoms with Crippen molar-refractivity contribution in [1.82, 2.24) is 0 Å². The quantitative estimate of drug-likeness (QED) is 0.308. The molecule has 0 bridgehead atoms. The number of carbonyl (C=O) groups is 1. The summed E-state index contributed by atoms with van der Waals surface area (Å²) >= 11 is 0. The molecule has 0 heterocycles. The van der Waals surface area contributed by atoms with Crippen molar-refractivity contribution in [2.24, 2.45) is 34.5 Å². The molecule has 0 aromatic heterocycles. The largest absolute Gasteiger partial charge is 0.465 e. The minimum absolute atomic E-state index is 0.0331. The van der Waals surface area contributed by atoms with Gasteiger partial charge in [0.25, 0.3) is 0 Å². The lowest BCUT2D eigenvalue weighted by atomic mass is 9.76. The second-order valence-electron chi connectivity index (χ2n) is 11.6. The molecule has 0 spiro atoms. The molecule has 0 aromatic rings. The summed E-state index contributed by atoms with van der Waals surface area (Å²) in [5.74, 6) is 1.60. The van der Waals surface area contributed by atoms with Gasteiger partial charge >= 0.3 is 5.97 Å². The van der Waals surface area contributed by atoms with Gasteiger partial charge in [-0.05, 0) is 73.5 Å². The molecule has 0 saturated heterocycles. The van der Waals surface area contributed by atoms with E-state index in [0.29, 0.717) is 29.8 Å². The molecule has 0 radical (unpaired) electrons. The number of ether oxygens (including phenoxy) is 1. The molecule has 0 aliphatic heterocycles. The molecule has 4 atom stereocenters. The Morgan fingerprint density at radius 1 is 1.00 bits per heavy atom. The molecule has 0 N–H and O–H groups in total. The van der Waals surface area contributed by atoms with E-state index in [1.165, 1.54) is 6.42 Å². The molecule has 0 saturated carbocycles. The Morgan fingerprint density at radius 3 is 2.15 bits per heavy atom. The molecule has 4 unspecified atom stereocenters. The van der Waals surface area contributed by atoms with E-state index in [1.54, 1.807) is 0 Å². The van der Waals surface area contributed by atoms with E-state index >= 15 is 0 Å². The Morgan fingerprint density at radius 2 is 1.63 bits per heavy atom. The van der Waals surface area contributed by atoms with Gasteiger partial charge in [-0.3, -0.25) is 4.79 Å². The summed E-state index contributed by atoms with van der Waals surface area (Å²) in [6.45, 7) is 18.9. The van der Waals surface area contributed by atoms with Crippen LogP contribution in [0.3, 0.4) is 0 Å². The topological polar surface area (TPSA) is 26.3 Å². The van der Waals surface area contributed by atoms with Crippen LogP contribution in [0.25, 0.3) is 0 Å². The van der Waals surface area contributed by atoms with Crippen molar-refractivity contribution in [1.29, 1.82) is 0 Å². The third kappa shape index (κ3) is 11.0. The molecule has 1 rings (SSSR count). The second kappa shape index (κ2) is 10.7. The Balaban J connectivity index is 2.65. The summed E-state index contributed by atoms with van der Waals surface area (Å²) < 4.78 is 5.84. The van der Waals surface area contributed by atoms with Crippen LogP contribution in [-0.2, 0) is 9.53 Å². The van der Waals surface area contributed by atoms with Crippen molar-refractivity contribution < 1.29 is 9.53 Å². The van der Waals surface area contributed by atoms with Crippen molar-refractivity contribution in [2.45, 2.75) is 100 Å². The van der Waals surface area contributed by atoms with Gasteiger partial charge in [-0.2, -0.15) is 0 Å². The van der Waals surface area contributed by atoms with Crippen molar-refractivity contribution >= 4 is 5.97 Å². The van der Waals surface area contributed by atoms with Crippen LogP contribution in [0, 0.1) is 34.5 Å². The predicted octanol–water partition coefficient (Wildman–Crippen LogP) is 7.43. The standard InChI is InChI=1S/C25H46O2/c1-19(16-24(3,4)5)14-15-22(20(2)17-25(6,7)8)23(26)27-18-21-12-10-9-11-13-21/h9-10,19-22H,11-18H2,1-8H3. The van der Waals surface area contributed by atoms with E-state index < -0.39 is 0 Å². The highest BCUT2D eigenvalue weighted by Crippen LogP contribution is 2.34. The number of carbonyl (C=O) groups excluding carboxylic acids is 1. The van der Waals surface area contributed by atoms with Crippen LogP contribution in [0.2, 0.25) is 0 Å². The summed E-state index contributed by atoms with van der Waals surface area (Å²) in [6.07, 6.45) is 12.1. The normalized spacial score (nSPS) is 21.6. The van der Waals surface area contributed by atoms with E-state index in [-0.39, 0.29) is 17.3 Å². The number of allylic oxidation sites excluding steroid dienone is 2. The fourth-order valence-corrected chi connectivity index (χ4v) is 4.67. The van der Waals surface area contributed by atoms with Crippen LogP contribution in [0.4, 0.5) is 0 Å². The van der Waals surface area contributed by atoms with E-state index in [4.69, 9.17) is 4.74 Å². The third-order valence-electron chi connectivity index (χ3n) is 5.69. The average Bonchev–Trinajstić information content (AvgIpc) is 2.50. The van der Waals surface area contributed by atoms with E-state index in [2.05, 4.69) is 67.5 Å². The van der Waals surface area contributed by atoms with E-state index in [0.717, 1.165) is 38.5 Å². The van der Waals surface area contributed by atoms with Crippen LogP contribution in [0.5, 0.6) is 0 Å². The molecular weight excluding hydrogens is 332 g/mol. The molecule has 158 valence electrons. The lowest BCUT2D eigenvalue weighted by Gasteiger charge is -2.30. The highest BCUT2D eigenvalue weighted by Gasteiger charge is 2.30. The first kappa shape index (κ1) is 24.2. The number of rotatable bonds is 9. The SMILES string of the molecule is CC(CCC(C(=O)OCC1CC=CCC1)C(C)CC(C)(C)C)CC(C)(C)C. The van der Waals surface area contributed by atoms with Crippen LogP contribution in [-0.4, -0.2) is 12.6 Å². The highest BCUT2D eigenvalue weighted by atomic mass is 16.5. The molecule has 2 nitrogen and oxygen atoms in total. The van der Waals surface area contributed by atoms with Crippen LogP contribution in [0.1, 0.15) is 100 Å². The van der Waals surface area contributed by atoms with Crippen LogP contribution >= 0.6 is 0 Å². The predicted molar refractivity (Wildman–Crippen MR) is 117 cm³/mol. The summed E-state index contributed by atoms with van der Waals surface area (Å²) in [5.41, 5.74) is 0.587. The zero-order chi connectivity index (χ0) is 20.7. The van der Waals surface area contributed by atoms with Gasteiger partial charge < -0.3 is 4.74 Å². The third-order valence-corrected chi connectivity index (χ3v) is 5.69. The molecule has 1 aliphatic carbocycles. The molecule has 0 fully saturated rings. The van der Waals surface area contributed by atoms with Crippen molar-refractivity contribution in [3.05, 3.63) is 12.2 Å². The Hall–Kier alpha value is -0.790. The Bertz CT molecular complexity index is 464. The summed E-state index contributed by atoms with van der Waals surface area (Å²) in [4.78, 5) is 13.0. The smallest absolute Gasteiger partial charge is 0.309 e. The zero-order valence-electron chi connectivity index (χ0n) is 19.4. The number of esters is 1. The lowest BCUT2D eigenvalue weighted by molar-refractivity contribution is -0.152. The molecule has 0 aromatic carbocycles. The average molecular weight is 379 g/mol. The fourth-order valence-electron chi connectivity index (χ4n) is 4.67. The van der Waals surface area contributed by atoms with Crippen molar-refractivity contribution in [3.8, 4) is 0 Å². The first-order valence-corrected chi connectivity index (χ1v) is 11.2. The van der Waals surface area contributed by atoms with Gasteiger partial charge in [0.2, 0.25) is 0 Å². The highest BCUT2D eigenvalue weighted by molar-refractivity contribution is 5.72. The second-order valence-corrected chi connectivity index (χ2v) is 11.6. The minimum Gasteiger partial charge on any atom is -0.465 e. The molecule has 1 aliphatic rings. The Labute approximate surface area is 169 Å². The van der Waals surface area contributed by atoms with Gasteiger partial charge in [0.15, 0.2) is 0 Å². The maximum atomic E-state index is 13.0. The molecular formula is C25H46O2. The van der Waals surface area contributed by atoms with E-state index in [1.807, 2.05) is 0 Å².